The summed E-state index contributed by atoms with van der Waals surface area (Å²) < 4.78 is 11.2. The van der Waals surface area contributed by atoms with Gasteiger partial charge >= 0.3 is 0 Å². The van der Waals surface area contributed by atoms with E-state index in [0.717, 1.165) is 37.4 Å². The van der Waals surface area contributed by atoms with Crippen LogP contribution in [0.2, 0.25) is 0 Å². The molecule has 1 saturated heterocycles. The Hall–Kier alpha value is -1.27. The fraction of sp³-hybridized carbons (Fsp3) is 0.647. The van der Waals surface area contributed by atoms with Crippen molar-refractivity contribution in [3.8, 4) is 0 Å². The zero-order valence-corrected chi connectivity index (χ0v) is 15.1. The van der Waals surface area contributed by atoms with Gasteiger partial charge in [0.15, 0.2) is 0 Å². The van der Waals surface area contributed by atoms with E-state index in [1.165, 1.54) is 0 Å². The Kier molecular flexibility index (Phi) is 6.72. The molecule has 2 heterocycles. The highest BCUT2D eigenvalue weighted by Gasteiger charge is 2.22. The van der Waals surface area contributed by atoms with Crippen LogP contribution in [0.5, 0.6) is 0 Å². The fourth-order valence-electron chi connectivity index (χ4n) is 2.68. The smallest absolute Gasteiger partial charge is 0.228 e. The predicted molar refractivity (Wildman–Crippen MR) is 95.3 cm³/mol. The summed E-state index contributed by atoms with van der Waals surface area (Å²) in [6.07, 6.45) is 5.10. The van der Waals surface area contributed by atoms with Crippen molar-refractivity contribution in [2.45, 2.75) is 32.6 Å². The fourth-order valence-corrected chi connectivity index (χ4v) is 3.19. The topological polar surface area (TPSA) is 53.5 Å². The summed E-state index contributed by atoms with van der Waals surface area (Å²) in [4.78, 5) is 21.0. The van der Waals surface area contributed by atoms with E-state index in [-0.39, 0.29) is 5.91 Å². The first-order valence-electron chi connectivity index (χ1n) is 8.30. The molecule has 6 heteroatoms. The Bertz CT molecular complexity index is 547. The quantitative estimate of drug-likeness (QED) is 0.797. The molecular weight excluding hydrogens is 310 g/mol. The Labute approximate surface area is 141 Å². The molecule has 0 aromatic carbocycles. The van der Waals surface area contributed by atoms with Crippen molar-refractivity contribution in [1.82, 2.24) is 9.88 Å². The molecule has 2 unspecified atom stereocenters. The molecule has 1 aliphatic rings. The molecule has 5 nitrogen and oxygen atoms in total. The third-order valence-electron chi connectivity index (χ3n) is 4.48. The lowest BCUT2D eigenvalue weighted by atomic mass is 10.0. The number of carbonyl (C=O) groups is 1. The summed E-state index contributed by atoms with van der Waals surface area (Å²) in [6.45, 7) is 7.32. The van der Waals surface area contributed by atoms with E-state index in [1.807, 2.05) is 23.2 Å². The average Bonchev–Trinajstić information content (AvgIpc) is 2.74. The van der Waals surface area contributed by atoms with Gasteiger partial charge in [0.2, 0.25) is 5.91 Å². The van der Waals surface area contributed by atoms with E-state index in [4.69, 9.17) is 0 Å². The normalized spacial score (nSPS) is 19.4. The summed E-state index contributed by atoms with van der Waals surface area (Å²) in [5.74, 6) is 1.25. The SMILES string of the molecule is CCC(C)c1ccc(N2CCN(CCS(C)=O)CCC2=O)cn1. The number of anilines is 1. The Balaban J connectivity index is 2.01. The first kappa shape index (κ1) is 18.1. The van der Waals surface area contributed by atoms with Crippen LogP contribution in [-0.4, -0.2) is 58.2 Å². The van der Waals surface area contributed by atoms with Gasteiger partial charge in [0.25, 0.3) is 0 Å². The number of hydrogen-bond donors (Lipinski definition) is 0. The van der Waals surface area contributed by atoms with Crippen LogP contribution in [-0.2, 0) is 15.6 Å². The highest BCUT2D eigenvalue weighted by Crippen LogP contribution is 2.21. The average molecular weight is 337 g/mol. The van der Waals surface area contributed by atoms with E-state index in [2.05, 4.69) is 23.7 Å². The largest absolute Gasteiger partial charge is 0.310 e. The second kappa shape index (κ2) is 8.55. The molecule has 0 saturated carbocycles. The maximum Gasteiger partial charge on any atom is 0.228 e. The van der Waals surface area contributed by atoms with Crippen molar-refractivity contribution in [2.75, 3.05) is 43.1 Å². The highest BCUT2D eigenvalue weighted by molar-refractivity contribution is 7.84. The summed E-state index contributed by atoms with van der Waals surface area (Å²) in [5.41, 5.74) is 1.95. The number of carbonyl (C=O) groups excluding carboxylic acids is 1. The third kappa shape index (κ3) is 5.11. The van der Waals surface area contributed by atoms with Gasteiger partial charge in [0.05, 0.1) is 11.9 Å². The van der Waals surface area contributed by atoms with Crippen LogP contribution in [0.25, 0.3) is 0 Å². The lowest BCUT2D eigenvalue weighted by Crippen LogP contribution is -2.34. The zero-order valence-electron chi connectivity index (χ0n) is 14.3. The van der Waals surface area contributed by atoms with Crippen LogP contribution in [0.15, 0.2) is 18.3 Å². The minimum atomic E-state index is -0.785. The molecule has 23 heavy (non-hydrogen) atoms. The second-order valence-corrected chi connectivity index (χ2v) is 7.72. The van der Waals surface area contributed by atoms with Gasteiger partial charge in [-0.1, -0.05) is 13.8 Å². The molecule has 2 atom stereocenters. The monoisotopic (exact) mass is 337 g/mol. The maximum atomic E-state index is 12.4. The van der Waals surface area contributed by atoms with Gasteiger partial charge in [-0.25, -0.2) is 0 Å². The minimum Gasteiger partial charge on any atom is -0.310 e. The lowest BCUT2D eigenvalue weighted by molar-refractivity contribution is -0.118. The van der Waals surface area contributed by atoms with Gasteiger partial charge in [0, 0.05) is 61.1 Å². The van der Waals surface area contributed by atoms with Gasteiger partial charge < -0.3 is 9.80 Å². The van der Waals surface area contributed by atoms with E-state index in [0.29, 0.717) is 24.6 Å². The number of amides is 1. The van der Waals surface area contributed by atoms with Gasteiger partial charge in [0.1, 0.15) is 0 Å². The first-order valence-corrected chi connectivity index (χ1v) is 10.0. The first-order chi connectivity index (χ1) is 11.0. The molecule has 1 aliphatic heterocycles. The van der Waals surface area contributed by atoms with Crippen LogP contribution >= 0.6 is 0 Å². The van der Waals surface area contributed by atoms with Crippen molar-refractivity contribution < 1.29 is 9.00 Å². The number of hydrogen-bond acceptors (Lipinski definition) is 4. The van der Waals surface area contributed by atoms with Crippen molar-refractivity contribution in [2.24, 2.45) is 0 Å². The molecule has 0 spiro atoms. The summed E-state index contributed by atoms with van der Waals surface area (Å²) in [5, 5.41) is 0. The summed E-state index contributed by atoms with van der Waals surface area (Å²) >= 11 is 0. The molecule has 0 aliphatic carbocycles. The standard InChI is InChI=1S/C17H27N3O2S/c1-4-14(2)16-6-5-15(13-18-16)20-10-9-19(8-7-17(20)21)11-12-23(3)22/h5-6,13-14H,4,7-12H2,1-3H3. The van der Waals surface area contributed by atoms with Crippen molar-refractivity contribution in [3.05, 3.63) is 24.0 Å². The molecule has 128 valence electrons. The maximum absolute atomic E-state index is 12.4. The molecule has 2 rings (SSSR count). The molecule has 1 aromatic heterocycles. The van der Waals surface area contributed by atoms with Crippen LogP contribution in [0.1, 0.15) is 38.3 Å². The van der Waals surface area contributed by atoms with Crippen LogP contribution < -0.4 is 4.90 Å². The van der Waals surface area contributed by atoms with Gasteiger partial charge in [-0.05, 0) is 24.5 Å². The van der Waals surface area contributed by atoms with Crippen molar-refractivity contribution in [3.63, 3.8) is 0 Å². The van der Waals surface area contributed by atoms with Crippen molar-refractivity contribution in [1.29, 1.82) is 0 Å². The molecule has 1 amide bonds. The highest BCUT2D eigenvalue weighted by atomic mass is 32.2. The Morgan fingerprint density at radius 2 is 2.09 bits per heavy atom. The van der Waals surface area contributed by atoms with Crippen LogP contribution in [0.4, 0.5) is 5.69 Å². The molecule has 1 fully saturated rings. The summed E-state index contributed by atoms with van der Waals surface area (Å²) in [7, 11) is -0.785. The number of aromatic nitrogens is 1. The molecular formula is C17H27N3O2S. The van der Waals surface area contributed by atoms with Gasteiger partial charge in [-0.15, -0.1) is 0 Å². The number of nitrogens with zero attached hydrogens (tertiary/aromatic N) is 3. The number of pyridine rings is 1. The van der Waals surface area contributed by atoms with Gasteiger partial charge in [-0.2, -0.15) is 0 Å². The predicted octanol–water partition coefficient (Wildman–Crippen LogP) is 2.01. The molecule has 0 radical (unpaired) electrons. The third-order valence-corrected chi connectivity index (χ3v) is 5.23. The minimum absolute atomic E-state index is 0.142. The Morgan fingerprint density at radius 3 is 2.70 bits per heavy atom. The number of rotatable bonds is 6. The van der Waals surface area contributed by atoms with Crippen molar-refractivity contribution >= 4 is 22.4 Å². The second-order valence-electron chi connectivity index (χ2n) is 6.16. The Morgan fingerprint density at radius 1 is 1.30 bits per heavy atom. The van der Waals surface area contributed by atoms with E-state index in [1.54, 1.807) is 6.26 Å². The van der Waals surface area contributed by atoms with Crippen LogP contribution in [0, 0.1) is 0 Å². The van der Waals surface area contributed by atoms with E-state index >= 15 is 0 Å². The molecule has 0 bridgehead atoms. The van der Waals surface area contributed by atoms with E-state index < -0.39 is 10.8 Å². The summed E-state index contributed by atoms with van der Waals surface area (Å²) in [6, 6.07) is 4.03. The van der Waals surface area contributed by atoms with E-state index in [9.17, 15) is 9.00 Å². The van der Waals surface area contributed by atoms with Gasteiger partial charge in [-0.3, -0.25) is 14.0 Å². The zero-order chi connectivity index (χ0) is 16.8. The lowest BCUT2D eigenvalue weighted by Gasteiger charge is -2.22. The van der Waals surface area contributed by atoms with Crippen LogP contribution in [0.3, 0.4) is 0 Å². The molecule has 0 N–H and O–H groups in total. The molecule has 1 aromatic rings.